The maximum atomic E-state index is 11.4. The Hall–Kier alpha value is -1.28. The first-order valence-electron chi connectivity index (χ1n) is 5.73. The zero-order valence-corrected chi connectivity index (χ0v) is 12.2. The van der Waals surface area contributed by atoms with Crippen molar-refractivity contribution in [3.63, 3.8) is 0 Å². The lowest BCUT2D eigenvalue weighted by Gasteiger charge is -2.09. The van der Waals surface area contributed by atoms with Gasteiger partial charge in [-0.25, -0.2) is 4.79 Å². The molecule has 0 saturated heterocycles. The van der Waals surface area contributed by atoms with E-state index in [1.807, 2.05) is 0 Å². The first-order valence-corrected chi connectivity index (χ1v) is 6.89. The second kappa shape index (κ2) is 10.6. The van der Waals surface area contributed by atoms with Crippen molar-refractivity contribution in [2.75, 3.05) is 38.9 Å². The number of amides is 3. The topological polar surface area (TPSA) is 93.7 Å². The van der Waals surface area contributed by atoms with Gasteiger partial charge in [-0.1, -0.05) is 6.92 Å². The molecule has 7 nitrogen and oxygen atoms in total. The van der Waals surface area contributed by atoms with Crippen LogP contribution in [-0.4, -0.2) is 56.8 Å². The summed E-state index contributed by atoms with van der Waals surface area (Å²) in [6.07, 6.45) is 0. The van der Waals surface area contributed by atoms with Crippen LogP contribution in [0.3, 0.4) is 0 Å². The number of methoxy groups -OCH3 is 2. The summed E-state index contributed by atoms with van der Waals surface area (Å²) in [4.78, 5) is 33.7. The highest BCUT2D eigenvalue weighted by Crippen LogP contribution is 2.09. The molecule has 0 rings (SSSR count). The van der Waals surface area contributed by atoms with Crippen molar-refractivity contribution < 1.29 is 23.9 Å². The van der Waals surface area contributed by atoms with Crippen LogP contribution in [0.5, 0.6) is 0 Å². The van der Waals surface area contributed by atoms with Crippen LogP contribution in [0.15, 0.2) is 0 Å². The van der Waals surface area contributed by atoms with E-state index in [4.69, 9.17) is 4.74 Å². The van der Waals surface area contributed by atoms with E-state index in [0.29, 0.717) is 18.9 Å². The Morgan fingerprint density at radius 3 is 2.53 bits per heavy atom. The normalized spacial score (nSPS) is 11.5. The Balaban J connectivity index is 3.69. The van der Waals surface area contributed by atoms with Crippen LogP contribution in [0.4, 0.5) is 4.79 Å². The van der Waals surface area contributed by atoms with E-state index < -0.39 is 11.9 Å². The summed E-state index contributed by atoms with van der Waals surface area (Å²) < 4.78 is 9.31. The number of ether oxygens (including phenoxy) is 2. The zero-order valence-electron chi connectivity index (χ0n) is 11.4. The molecule has 8 heteroatoms. The lowest BCUT2D eigenvalue weighted by atomic mass is 10.2. The lowest BCUT2D eigenvalue weighted by Crippen LogP contribution is -2.41. The van der Waals surface area contributed by atoms with Crippen molar-refractivity contribution in [2.24, 2.45) is 5.92 Å². The highest BCUT2D eigenvalue weighted by molar-refractivity contribution is 7.99. The van der Waals surface area contributed by atoms with Gasteiger partial charge in [-0.3, -0.25) is 14.9 Å². The Bertz CT molecular complexity index is 311. The van der Waals surface area contributed by atoms with Gasteiger partial charge in [0.15, 0.2) is 0 Å². The van der Waals surface area contributed by atoms with Gasteiger partial charge < -0.3 is 14.8 Å². The van der Waals surface area contributed by atoms with Crippen molar-refractivity contribution in [2.45, 2.75) is 6.92 Å². The minimum atomic E-state index is -0.552. The third-order valence-corrected chi connectivity index (χ3v) is 3.25. The van der Waals surface area contributed by atoms with Crippen molar-refractivity contribution in [1.29, 1.82) is 0 Å². The molecule has 1 atom stereocenters. The number of urea groups is 1. The van der Waals surface area contributed by atoms with Crippen LogP contribution in [-0.2, 0) is 19.1 Å². The standard InChI is InChI=1S/C11H20N2O5S/c1-8(10(15)18-3)6-19-7-9(14)13-11(16)12-4-5-17-2/h8H,4-7H2,1-3H3,(H2,12,13,14,16). The predicted octanol–water partition coefficient (Wildman–Crippen LogP) is 0.000900. The number of carbonyl (C=O) groups excluding carboxylic acids is 3. The summed E-state index contributed by atoms with van der Waals surface area (Å²) in [5.41, 5.74) is 0. The molecule has 0 saturated carbocycles. The Morgan fingerprint density at radius 2 is 1.95 bits per heavy atom. The number of rotatable bonds is 8. The minimum absolute atomic E-state index is 0.110. The maximum Gasteiger partial charge on any atom is 0.321 e. The van der Waals surface area contributed by atoms with Gasteiger partial charge >= 0.3 is 12.0 Å². The molecule has 0 aromatic carbocycles. The van der Waals surface area contributed by atoms with E-state index in [9.17, 15) is 14.4 Å². The quantitative estimate of drug-likeness (QED) is 0.483. The first-order chi connectivity index (χ1) is 9.01. The SMILES string of the molecule is COCCNC(=O)NC(=O)CSCC(C)C(=O)OC. The molecule has 0 aliphatic carbocycles. The molecule has 0 aliphatic rings. The number of imide groups is 1. The molecule has 0 aromatic rings. The molecule has 0 bridgehead atoms. The lowest BCUT2D eigenvalue weighted by molar-refractivity contribution is -0.144. The molecule has 0 aliphatic heterocycles. The van der Waals surface area contributed by atoms with E-state index in [1.165, 1.54) is 26.0 Å². The van der Waals surface area contributed by atoms with E-state index in [1.54, 1.807) is 6.92 Å². The van der Waals surface area contributed by atoms with E-state index in [-0.39, 0.29) is 17.6 Å². The summed E-state index contributed by atoms with van der Waals surface area (Å²) in [6.45, 7) is 2.43. The van der Waals surface area contributed by atoms with Gasteiger partial charge in [-0.05, 0) is 0 Å². The van der Waals surface area contributed by atoms with E-state index in [2.05, 4.69) is 15.4 Å². The molecule has 0 aromatic heterocycles. The van der Waals surface area contributed by atoms with Crippen LogP contribution in [0, 0.1) is 5.92 Å². The van der Waals surface area contributed by atoms with Crippen LogP contribution < -0.4 is 10.6 Å². The fourth-order valence-corrected chi connectivity index (χ4v) is 1.94. The monoisotopic (exact) mass is 292 g/mol. The summed E-state index contributed by atoms with van der Waals surface area (Å²) in [5, 5.41) is 4.64. The molecular formula is C11H20N2O5S. The van der Waals surface area contributed by atoms with Crippen molar-refractivity contribution in [3.05, 3.63) is 0 Å². The molecule has 0 heterocycles. The third kappa shape index (κ3) is 9.32. The number of esters is 1. The number of thioether (sulfide) groups is 1. The molecule has 19 heavy (non-hydrogen) atoms. The maximum absolute atomic E-state index is 11.4. The van der Waals surface area contributed by atoms with Gasteiger partial charge in [0.25, 0.3) is 0 Å². The summed E-state index contributed by atoms with van der Waals surface area (Å²) in [6, 6.07) is -0.552. The number of carbonyl (C=O) groups is 3. The molecule has 2 N–H and O–H groups in total. The van der Waals surface area contributed by atoms with Crippen LogP contribution in [0.2, 0.25) is 0 Å². The summed E-state index contributed by atoms with van der Waals surface area (Å²) in [7, 11) is 2.84. The predicted molar refractivity (Wildman–Crippen MR) is 71.9 cm³/mol. The van der Waals surface area contributed by atoms with Gasteiger partial charge in [0.05, 0.1) is 25.4 Å². The summed E-state index contributed by atoms with van der Waals surface area (Å²) >= 11 is 1.27. The molecule has 3 amide bonds. The van der Waals surface area contributed by atoms with E-state index >= 15 is 0 Å². The number of hydrogen-bond acceptors (Lipinski definition) is 6. The molecule has 0 radical (unpaired) electrons. The highest BCUT2D eigenvalue weighted by atomic mass is 32.2. The van der Waals surface area contributed by atoms with Gasteiger partial charge in [0.1, 0.15) is 0 Å². The Kier molecular flexibility index (Phi) is 9.91. The van der Waals surface area contributed by atoms with Crippen LogP contribution in [0.1, 0.15) is 6.92 Å². The Morgan fingerprint density at radius 1 is 1.26 bits per heavy atom. The third-order valence-electron chi connectivity index (χ3n) is 2.05. The summed E-state index contributed by atoms with van der Waals surface area (Å²) in [5.74, 6) is -0.426. The fourth-order valence-electron chi connectivity index (χ4n) is 1.07. The molecule has 1 unspecified atom stereocenters. The van der Waals surface area contributed by atoms with Crippen molar-refractivity contribution >= 4 is 29.7 Å². The second-order valence-electron chi connectivity index (χ2n) is 3.74. The Labute approximate surface area is 116 Å². The van der Waals surface area contributed by atoms with Gasteiger partial charge in [0.2, 0.25) is 5.91 Å². The fraction of sp³-hybridized carbons (Fsp3) is 0.727. The van der Waals surface area contributed by atoms with Crippen molar-refractivity contribution in [1.82, 2.24) is 10.6 Å². The molecular weight excluding hydrogens is 272 g/mol. The van der Waals surface area contributed by atoms with Crippen LogP contribution >= 0.6 is 11.8 Å². The van der Waals surface area contributed by atoms with Crippen LogP contribution in [0.25, 0.3) is 0 Å². The highest BCUT2D eigenvalue weighted by Gasteiger charge is 2.14. The molecule has 0 fully saturated rings. The van der Waals surface area contributed by atoms with Gasteiger partial charge in [-0.2, -0.15) is 11.8 Å². The van der Waals surface area contributed by atoms with Gasteiger partial charge in [0, 0.05) is 19.4 Å². The minimum Gasteiger partial charge on any atom is -0.469 e. The average molecular weight is 292 g/mol. The number of hydrogen-bond donors (Lipinski definition) is 2. The smallest absolute Gasteiger partial charge is 0.321 e. The average Bonchev–Trinajstić information content (AvgIpc) is 2.37. The molecule has 0 spiro atoms. The largest absolute Gasteiger partial charge is 0.469 e. The van der Waals surface area contributed by atoms with Gasteiger partial charge in [-0.15, -0.1) is 0 Å². The van der Waals surface area contributed by atoms with E-state index in [0.717, 1.165) is 0 Å². The molecule has 110 valence electrons. The van der Waals surface area contributed by atoms with Crippen molar-refractivity contribution in [3.8, 4) is 0 Å². The first kappa shape index (κ1) is 17.7. The zero-order chi connectivity index (χ0) is 14.7. The number of nitrogens with one attached hydrogen (secondary N) is 2. The second-order valence-corrected chi connectivity index (χ2v) is 4.77.